The topological polar surface area (TPSA) is 60.7 Å². The van der Waals surface area contributed by atoms with E-state index < -0.39 is 0 Å². The number of halogens is 1. The summed E-state index contributed by atoms with van der Waals surface area (Å²) in [5, 5.41) is 2.77. The van der Waals surface area contributed by atoms with E-state index in [0.29, 0.717) is 36.2 Å². The molecule has 1 amide bonds. The maximum Gasteiger partial charge on any atom is 0.248 e. The van der Waals surface area contributed by atoms with Gasteiger partial charge in [0.05, 0.1) is 12.0 Å². The molecule has 1 aromatic carbocycles. The van der Waals surface area contributed by atoms with Crippen molar-refractivity contribution in [2.24, 2.45) is 0 Å². The van der Waals surface area contributed by atoms with Crippen LogP contribution < -0.4 is 14.8 Å². The first kappa shape index (κ1) is 13.8. The maximum absolute atomic E-state index is 11.9. The summed E-state index contributed by atoms with van der Waals surface area (Å²) < 4.78 is 16.8. The minimum absolute atomic E-state index is 0.260. The number of carbonyl (C=O) groups is 1. The molecule has 0 atom stereocenters. The lowest BCUT2D eigenvalue weighted by molar-refractivity contribution is -0.111. The van der Waals surface area contributed by atoms with E-state index >= 15 is 0 Å². The van der Waals surface area contributed by atoms with Gasteiger partial charge in [0.1, 0.15) is 19.0 Å². The van der Waals surface area contributed by atoms with Crippen LogP contribution in [0.15, 0.2) is 45.5 Å². The molecule has 1 aliphatic rings. The highest BCUT2D eigenvalue weighted by Gasteiger charge is 2.15. The Kier molecular flexibility index (Phi) is 3.96. The van der Waals surface area contributed by atoms with Gasteiger partial charge in [-0.05, 0) is 34.1 Å². The smallest absolute Gasteiger partial charge is 0.248 e. The maximum atomic E-state index is 11.9. The Bertz CT molecular complexity index is 679. The average molecular weight is 350 g/mol. The lowest BCUT2D eigenvalue weighted by atomic mass is 10.2. The average Bonchev–Trinajstić information content (AvgIpc) is 2.99. The standard InChI is InChI=1S/C15H12BrNO4/c16-11-8-13-14(21-7-6-20-13)9-12(11)17-15(18)4-3-10-2-1-5-19-10/h1-5,8-9H,6-7H2,(H,17,18)/b4-3+. The van der Waals surface area contributed by atoms with Crippen molar-refractivity contribution in [2.75, 3.05) is 18.5 Å². The Hall–Kier alpha value is -2.21. The molecule has 21 heavy (non-hydrogen) atoms. The van der Waals surface area contributed by atoms with Gasteiger partial charge in [0.2, 0.25) is 5.91 Å². The van der Waals surface area contributed by atoms with Crippen molar-refractivity contribution in [1.82, 2.24) is 0 Å². The molecule has 6 heteroatoms. The van der Waals surface area contributed by atoms with Gasteiger partial charge in [-0.2, -0.15) is 0 Å². The summed E-state index contributed by atoms with van der Waals surface area (Å²) in [5.74, 6) is 1.64. The predicted molar refractivity (Wildman–Crippen MR) is 81.5 cm³/mol. The molecular formula is C15H12BrNO4. The van der Waals surface area contributed by atoms with Crippen LogP contribution in [0.2, 0.25) is 0 Å². The highest BCUT2D eigenvalue weighted by atomic mass is 79.9. The van der Waals surface area contributed by atoms with Crippen LogP contribution in [0.4, 0.5) is 5.69 Å². The van der Waals surface area contributed by atoms with E-state index in [-0.39, 0.29) is 5.91 Å². The molecule has 1 aliphatic heterocycles. The second-order valence-corrected chi connectivity index (χ2v) is 5.17. The van der Waals surface area contributed by atoms with Crippen LogP contribution in [-0.2, 0) is 4.79 Å². The van der Waals surface area contributed by atoms with Crippen molar-refractivity contribution >= 4 is 33.6 Å². The van der Waals surface area contributed by atoms with Crippen molar-refractivity contribution < 1.29 is 18.7 Å². The first-order chi connectivity index (χ1) is 10.2. The van der Waals surface area contributed by atoms with Gasteiger partial charge in [-0.1, -0.05) is 0 Å². The number of benzene rings is 1. The zero-order valence-corrected chi connectivity index (χ0v) is 12.6. The molecule has 5 nitrogen and oxygen atoms in total. The fraction of sp³-hybridized carbons (Fsp3) is 0.133. The molecule has 1 N–H and O–H groups in total. The van der Waals surface area contributed by atoms with E-state index in [1.807, 2.05) is 0 Å². The fourth-order valence-electron chi connectivity index (χ4n) is 1.88. The number of rotatable bonds is 3. The van der Waals surface area contributed by atoms with E-state index in [1.165, 1.54) is 6.08 Å². The summed E-state index contributed by atoms with van der Waals surface area (Å²) >= 11 is 3.40. The van der Waals surface area contributed by atoms with E-state index in [1.54, 1.807) is 36.6 Å². The molecular weight excluding hydrogens is 338 g/mol. The predicted octanol–water partition coefficient (Wildman–Crippen LogP) is 3.47. The van der Waals surface area contributed by atoms with Crippen molar-refractivity contribution in [3.8, 4) is 11.5 Å². The van der Waals surface area contributed by atoms with Crippen LogP contribution in [-0.4, -0.2) is 19.1 Å². The lowest BCUT2D eigenvalue weighted by Crippen LogP contribution is -2.16. The number of anilines is 1. The van der Waals surface area contributed by atoms with Crippen LogP contribution in [0.3, 0.4) is 0 Å². The van der Waals surface area contributed by atoms with Crippen LogP contribution in [0, 0.1) is 0 Å². The second kappa shape index (κ2) is 6.05. The molecule has 2 aromatic rings. The molecule has 0 bridgehead atoms. The third kappa shape index (κ3) is 3.28. The zero-order valence-electron chi connectivity index (χ0n) is 11.0. The van der Waals surface area contributed by atoms with Crippen LogP contribution in [0.25, 0.3) is 6.08 Å². The monoisotopic (exact) mass is 349 g/mol. The number of amides is 1. The molecule has 0 unspecified atom stereocenters. The molecule has 0 fully saturated rings. The number of ether oxygens (including phenoxy) is 2. The van der Waals surface area contributed by atoms with Crippen molar-refractivity contribution in [1.29, 1.82) is 0 Å². The molecule has 1 aromatic heterocycles. The Morgan fingerprint density at radius 2 is 2.00 bits per heavy atom. The molecule has 108 valence electrons. The van der Waals surface area contributed by atoms with Gasteiger partial charge in [0.25, 0.3) is 0 Å². The van der Waals surface area contributed by atoms with E-state index in [9.17, 15) is 4.79 Å². The second-order valence-electron chi connectivity index (χ2n) is 4.31. The molecule has 3 rings (SSSR count). The number of furan rings is 1. The summed E-state index contributed by atoms with van der Waals surface area (Å²) in [5.41, 5.74) is 0.619. The van der Waals surface area contributed by atoms with Crippen molar-refractivity contribution in [2.45, 2.75) is 0 Å². The fourth-order valence-corrected chi connectivity index (χ4v) is 2.30. The van der Waals surface area contributed by atoms with Gasteiger partial charge in [0.15, 0.2) is 11.5 Å². The van der Waals surface area contributed by atoms with Gasteiger partial charge in [-0.25, -0.2) is 0 Å². The molecule has 0 saturated carbocycles. The summed E-state index contributed by atoms with van der Waals surface area (Å²) in [6.07, 6.45) is 4.55. The quantitative estimate of drug-likeness (QED) is 0.862. The Morgan fingerprint density at radius 1 is 1.24 bits per heavy atom. The number of fused-ring (bicyclic) bond motifs is 1. The molecule has 0 saturated heterocycles. The number of carbonyl (C=O) groups excluding carboxylic acids is 1. The van der Waals surface area contributed by atoms with Gasteiger partial charge < -0.3 is 19.2 Å². The largest absolute Gasteiger partial charge is 0.486 e. The Morgan fingerprint density at radius 3 is 2.71 bits per heavy atom. The SMILES string of the molecule is O=C(/C=C/c1ccco1)Nc1cc2c(cc1Br)OCCO2. The summed E-state index contributed by atoms with van der Waals surface area (Å²) in [4.78, 5) is 11.9. The first-order valence-corrected chi connectivity index (χ1v) is 7.13. The number of hydrogen-bond donors (Lipinski definition) is 1. The van der Waals surface area contributed by atoms with Gasteiger partial charge in [0, 0.05) is 22.7 Å². The minimum Gasteiger partial charge on any atom is -0.486 e. The molecule has 2 heterocycles. The van der Waals surface area contributed by atoms with E-state index in [0.717, 1.165) is 4.47 Å². The van der Waals surface area contributed by atoms with Crippen LogP contribution >= 0.6 is 15.9 Å². The normalized spacial score (nSPS) is 13.4. The van der Waals surface area contributed by atoms with Gasteiger partial charge in [-0.15, -0.1) is 0 Å². The Labute approximate surface area is 129 Å². The molecule has 0 spiro atoms. The third-order valence-electron chi connectivity index (χ3n) is 2.83. The summed E-state index contributed by atoms with van der Waals surface area (Å²) in [6.45, 7) is 1.03. The van der Waals surface area contributed by atoms with Gasteiger partial charge >= 0.3 is 0 Å². The molecule has 0 radical (unpaired) electrons. The molecule has 0 aliphatic carbocycles. The minimum atomic E-state index is -0.260. The van der Waals surface area contributed by atoms with Gasteiger partial charge in [-0.3, -0.25) is 4.79 Å². The third-order valence-corrected chi connectivity index (χ3v) is 3.49. The summed E-state index contributed by atoms with van der Waals surface area (Å²) in [7, 11) is 0. The summed E-state index contributed by atoms with van der Waals surface area (Å²) in [6, 6.07) is 7.04. The zero-order chi connectivity index (χ0) is 14.7. The van der Waals surface area contributed by atoms with Crippen LogP contribution in [0.1, 0.15) is 5.76 Å². The number of hydrogen-bond acceptors (Lipinski definition) is 4. The highest BCUT2D eigenvalue weighted by molar-refractivity contribution is 9.10. The van der Waals surface area contributed by atoms with E-state index in [2.05, 4.69) is 21.2 Å². The number of nitrogens with one attached hydrogen (secondary N) is 1. The van der Waals surface area contributed by atoms with Crippen LogP contribution in [0.5, 0.6) is 11.5 Å². The van der Waals surface area contributed by atoms with E-state index in [4.69, 9.17) is 13.9 Å². The van der Waals surface area contributed by atoms with Crippen molar-refractivity contribution in [3.63, 3.8) is 0 Å². The Balaban J connectivity index is 1.73. The lowest BCUT2D eigenvalue weighted by Gasteiger charge is -2.19. The highest BCUT2D eigenvalue weighted by Crippen LogP contribution is 2.38. The van der Waals surface area contributed by atoms with Crippen molar-refractivity contribution in [3.05, 3.63) is 46.8 Å². The first-order valence-electron chi connectivity index (χ1n) is 6.34.